The number of ketones is 1. The minimum atomic E-state index is -0.149. The first-order valence-corrected chi connectivity index (χ1v) is 9.21. The summed E-state index contributed by atoms with van der Waals surface area (Å²) in [5.74, 6) is 1.29. The van der Waals surface area contributed by atoms with Crippen molar-refractivity contribution < 1.29 is 9.53 Å². The maximum atomic E-state index is 13.1. The van der Waals surface area contributed by atoms with Gasteiger partial charge in [-0.05, 0) is 48.7 Å². The van der Waals surface area contributed by atoms with Crippen molar-refractivity contribution in [2.24, 2.45) is 0 Å². The lowest BCUT2D eigenvalue weighted by Crippen LogP contribution is -2.46. The Labute approximate surface area is 153 Å². The third-order valence-corrected chi connectivity index (χ3v) is 5.37. The van der Waals surface area contributed by atoms with E-state index < -0.39 is 0 Å². The van der Waals surface area contributed by atoms with Crippen LogP contribution in [0.4, 0.5) is 0 Å². The number of carbonyl (C=O) groups is 1. The van der Waals surface area contributed by atoms with Crippen LogP contribution in [0.1, 0.15) is 29.9 Å². The molecule has 2 unspecified atom stereocenters. The van der Waals surface area contributed by atoms with E-state index in [1.165, 1.54) is 5.56 Å². The van der Waals surface area contributed by atoms with Gasteiger partial charge in [0.25, 0.3) is 0 Å². The average molecular weight is 348 g/mol. The van der Waals surface area contributed by atoms with Gasteiger partial charge in [0.15, 0.2) is 5.78 Å². The highest BCUT2D eigenvalue weighted by Crippen LogP contribution is 2.31. The summed E-state index contributed by atoms with van der Waals surface area (Å²) in [4.78, 5) is 16.4. The molecule has 0 aliphatic carbocycles. The molecule has 2 aromatic carbocycles. The zero-order valence-corrected chi connectivity index (χ0v) is 15.0. The van der Waals surface area contributed by atoms with E-state index in [1.54, 1.807) is 7.11 Å². The first kappa shape index (κ1) is 16.9. The van der Waals surface area contributed by atoms with Crippen LogP contribution >= 0.6 is 0 Å². The minimum absolute atomic E-state index is 0.149. The number of fused-ring (bicyclic) bond motifs is 1. The molecule has 0 radical (unpaired) electrons. The second kappa shape index (κ2) is 7.34. The van der Waals surface area contributed by atoms with Gasteiger partial charge in [-0.15, -0.1) is 0 Å². The molecule has 26 heavy (non-hydrogen) atoms. The van der Waals surface area contributed by atoms with Crippen LogP contribution in [0, 0.1) is 0 Å². The molecule has 4 nitrogen and oxygen atoms in total. The minimum Gasteiger partial charge on any atom is -0.497 e. The number of para-hydroxylation sites is 1. The Morgan fingerprint density at radius 2 is 2.08 bits per heavy atom. The van der Waals surface area contributed by atoms with Gasteiger partial charge in [-0.3, -0.25) is 4.79 Å². The highest BCUT2D eigenvalue weighted by molar-refractivity contribution is 5.92. The molecule has 0 bridgehead atoms. The Balaban J connectivity index is 1.58. The number of Topliss-reactive ketones (excluding diaryl/α,β-unsaturated/α-hetero) is 1. The second-order valence-corrected chi connectivity index (χ2v) is 6.96. The fourth-order valence-corrected chi connectivity index (χ4v) is 4.03. The summed E-state index contributed by atoms with van der Waals surface area (Å²) in [7, 11) is 1.68. The highest BCUT2D eigenvalue weighted by atomic mass is 16.5. The molecule has 2 atom stereocenters. The SMILES string of the molecule is COc1cccc(C2CCCNC2C(=O)Cc2c[nH]c3ccccc23)c1. The normalized spacial score (nSPS) is 20.2. The van der Waals surface area contributed by atoms with E-state index in [0.717, 1.165) is 41.6 Å². The van der Waals surface area contributed by atoms with E-state index in [2.05, 4.69) is 28.5 Å². The molecule has 2 heterocycles. The maximum Gasteiger partial charge on any atom is 0.154 e. The number of hydrogen-bond donors (Lipinski definition) is 2. The number of benzene rings is 2. The molecule has 1 saturated heterocycles. The van der Waals surface area contributed by atoms with Crippen LogP contribution in [0.5, 0.6) is 5.75 Å². The number of methoxy groups -OCH3 is 1. The number of hydrogen-bond acceptors (Lipinski definition) is 3. The molecule has 2 N–H and O–H groups in total. The van der Waals surface area contributed by atoms with Crippen molar-refractivity contribution in [1.29, 1.82) is 0 Å². The first-order valence-electron chi connectivity index (χ1n) is 9.21. The molecule has 4 heteroatoms. The summed E-state index contributed by atoms with van der Waals surface area (Å²) in [6.45, 7) is 0.894. The number of rotatable bonds is 5. The number of aromatic amines is 1. The Morgan fingerprint density at radius 1 is 1.19 bits per heavy atom. The largest absolute Gasteiger partial charge is 0.497 e. The van der Waals surface area contributed by atoms with Gasteiger partial charge < -0.3 is 15.0 Å². The fraction of sp³-hybridized carbons (Fsp3) is 0.318. The smallest absolute Gasteiger partial charge is 0.154 e. The first-order chi connectivity index (χ1) is 12.8. The van der Waals surface area contributed by atoms with Gasteiger partial charge in [0.05, 0.1) is 13.2 Å². The van der Waals surface area contributed by atoms with Crippen molar-refractivity contribution in [3.8, 4) is 5.75 Å². The van der Waals surface area contributed by atoms with Crippen LogP contribution in [-0.4, -0.2) is 30.5 Å². The van der Waals surface area contributed by atoms with Crippen LogP contribution in [0.15, 0.2) is 54.7 Å². The van der Waals surface area contributed by atoms with E-state index in [4.69, 9.17) is 4.74 Å². The third-order valence-electron chi connectivity index (χ3n) is 5.37. The van der Waals surface area contributed by atoms with Crippen LogP contribution in [-0.2, 0) is 11.2 Å². The topological polar surface area (TPSA) is 54.1 Å². The quantitative estimate of drug-likeness (QED) is 0.737. The monoisotopic (exact) mass is 348 g/mol. The summed E-state index contributed by atoms with van der Waals surface area (Å²) in [6, 6.07) is 16.1. The molecule has 0 saturated carbocycles. The number of H-pyrrole nitrogens is 1. The zero-order valence-electron chi connectivity index (χ0n) is 15.0. The van der Waals surface area contributed by atoms with E-state index in [0.29, 0.717) is 6.42 Å². The number of piperidine rings is 1. The molecule has 0 spiro atoms. The lowest BCUT2D eigenvalue weighted by Gasteiger charge is -2.32. The summed E-state index contributed by atoms with van der Waals surface area (Å²) >= 11 is 0. The van der Waals surface area contributed by atoms with Gasteiger partial charge in [-0.2, -0.15) is 0 Å². The van der Waals surface area contributed by atoms with Crippen molar-refractivity contribution in [2.45, 2.75) is 31.2 Å². The Bertz CT molecular complexity index is 915. The molecular formula is C22H24N2O2. The Morgan fingerprint density at radius 3 is 2.96 bits per heavy atom. The maximum absolute atomic E-state index is 13.1. The van der Waals surface area contributed by atoms with Crippen LogP contribution in [0.25, 0.3) is 10.9 Å². The Hall–Kier alpha value is -2.59. The number of nitrogens with one attached hydrogen (secondary N) is 2. The van der Waals surface area contributed by atoms with Crippen molar-refractivity contribution in [3.05, 3.63) is 65.9 Å². The fourth-order valence-electron chi connectivity index (χ4n) is 4.03. The van der Waals surface area contributed by atoms with Gasteiger partial charge >= 0.3 is 0 Å². The van der Waals surface area contributed by atoms with E-state index >= 15 is 0 Å². The van der Waals surface area contributed by atoms with E-state index in [1.807, 2.05) is 36.5 Å². The molecular weight excluding hydrogens is 324 g/mol. The van der Waals surface area contributed by atoms with Gasteiger partial charge in [-0.25, -0.2) is 0 Å². The molecule has 4 rings (SSSR count). The molecule has 134 valence electrons. The average Bonchev–Trinajstić information content (AvgIpc) is 3.11. The van der Waals surface area contributed by atoms with Gasteiger partial charge in [-0.1, -0.05) is 30.3 Å². The lowest BCUT2D eigenvalue weighted by molar-refractivity contribution is -0.121. The van der Waals surface area contributed by atoms with Crippen molar-refractivity contribution >= 4 is 16.7 Å². The summed E-state index contributed by atoms with van der Waals surface area (Å²) in [5, 5.41) is 4.60. The van der Waals surface area contributed by atoms with E-state index in [9.17, 15) is 4.79 Å². The number of ether oxygens (including phenoxy) is 1. The molecule has 1 aliphatic rings. The van der Waals surface area contributed by atoms with Gasteiger partial charge in [0, 0.05) is 29.4 Å². The third kappa shape index (κ3) is 3.25. The number of aromatic nitrogens is 1. The Kier molecular flexibility index (Phi) is 4.76. The number of carbonyl (C=O) groups excluding carboxylic acids is 1. The van der Waals surface area contributed by atoms with Crippen molar-refractivity contribution in [1.82, 2.24) is 10.3 Å². The van der Waals surface area contributed by atoms with Crippen molar-refractivity contribution in [2.75, 3.05) is 13.7 Å². The van der Waals surface area contributed by atoms with E-state index in [-0.39, 0.29) is 17.7 Å². The van der Waals surface area contributed by atoms with Gasteiger partial charge in [0.2, 0.25) is 0 Å². The highest BCUT2D eigenvalue weighted by Gasteiger charge is 2.32. The standard InChI is InChI=1S/C22H24N2O2/c1-26-17-7-4-6-15(12-17)19-9-5-11-23-22(19)21(25)13-16-14-24-20-10-3-2-8-18(16)20/h2-4,6-8,10,12,14,19,22-24H,5,9,11,13H2,1H3. The summed E-state index contributed by atoms with van der Waals surface area (Å²) in [5.41, 5.74) is 3.33. The second-order valence-electron chi connectivity index (χ2n) is 6.96. The summed E-state index contributed by atoms with van der Waals surface area (Å²) in [6.07, 6.45) is 4.51. The van der Waals surface area contributed by atoms with Crippen LogP contribution < -0.4 is 10.1 Å². The molecule has 3 aromatic rings. The van der Waals surface area contributed by atoms with Crippen LogP contribution in [0.2, 0.25) is 0 Å². The van der Waals surface area contributed by atoms with Gasteiger partial charge in [0.1, 0.15) is 5.75 Å². The molecule has 1 aromatic heterocycles. The predicted molar refractivity (Wildman–Crippen MR) is 104 cm³/mol. The van der Waals surface area contributed by atoms with Crippen molar-refractivity contribution in [3.63, 3.8) is 0 Å². The predicted octanol–water partition coefficient (Wildman–Crippen LogP) is 3.82. The van der Waals surface area contributed by atoms with Crippen LogP contribution in [0.3, 0.4) is 0 Å². The lowest BCUT2D eigenvalue weighted by atomic mass is 9.81. The molecule has 1 fully saturated rings. The molecule has 1 aliphatic heterocycles. The zero-order chi connectivity index (χ0) is 17.9. The summed E-state index contributed by atoms with van der Waals surface area (Å²) < 4.78 is 5.37. The molecule has 0 amide bonds.